The van der Waals surface area contributed by atoms with Crippen molar-refractivity contribution in [3.05, 3.63) is 35.9 Å². The van der Waals surface area contributed by atoms with Crippen molar-refractivity contribution >= 4 is 23.7 Å². The van der Waals surface area contributed by atoms with Gasteiger partial charge in [-0.2, -0.15) is 0 Å². The normalized spacial score (nSPS) is 43.8. The maximum Gasteiger partial charge on any atom is 0.338 e. The van der Waals surface area contributed by atoms with Gasteiger partial charge in [-0.15, -0.1) is 0 Å². The van der Waals surface area contributed by atoms with Gasteiger partial charge in [-0.05, 0) is 12.1 Å². The van der Waals surface area contributed by atoms with E-state index in [0.29, 0.717) is 0 Å². The Hall–Kier alpha value is -2.86. The molecule has 0 radical (unpaired) electrons. The van der Waals surface area contributed by atoms with E-state index in [4.69, 9.17) is 18.9 Å². The summed E-state index contributed by atoms with van der Waals surface area (Å²) >= 11 is 0. The van der Waals surface area contributed by atoms with Gasteiger partial charge in [0.1, 0.15) is 29.7 Å². The van der Waals surface area contributed by atoms with Gasteiger partial charge in [-0.25, -0.2) is 4.79 Å². The summed E-state index contributed by atoms with van der Waals surface area (Å²) in [7, 11) is 0. The molecule has 4 fully saturated rings. The van der Waals surface area contributed by atoms with E-state index in [0.717, 1.165) is 0 Å². The van der Waals surface area contributed by atoms with E-state index in [1.54, 1.807) is 45.9 Å². The van der Waals surface area contributed by atoms with E-state index in [-0.39, 0.29) is 24.4 Å². The zero-order valence-corrected chi connectivity index (χ0v) is 24.7. The zero-order valence-electron chi connectivity index (χ0n) is 24.7. The van der Waals surface area contributed by atoms with Crippen LogP contribution in [0, 0.1) is 28.6 Å². The SMILES string of the molecule is CC(=O)O[C@H]1C[C@@H]2OC[C@@]2(OC(C)=O)[C@H]2[C@@H](OC(=O)c3ccccc3)[C@@]3(O)CC(=O)[C@@H](C)[C@H]([C@@H](O)[C@@H](O)[C@]12C)C3(C)C. The maximum absolute atomic E-state index is 13.7. The van der Waals surface area contributed by atoms with Gasteiger partial charge in [0.2, 0.25) is 0 Å². The van der Waals surface area contributed by atoms with E-state index >= 15 is 0 Å². The highest BCUT2D eigenvalue weighted by Gasteiger charge is 2.79. The monoisotopic (exact) mass is 588 g/mol. The number of hydrogen-bond donors (Lipinski definition) is 3. The largest absolute Gasteiger partial charge is 0.462 e. The van der Waals surface area contributed by atoms with Crippen molar-refractivity contribution in [2.75, 3.05) is 6.61 Å². The molecule has 5 rings (SSSR count). The number of carbonyl (C=O) groups is 4. The molecule has 11 atom stereocenters. The van der Waals surface area contributed by atoms with Crippen LogP contribution in [0.3, 0.4) is 0 Å². The topological polar surface area (TPSA) is 166 Å². The van der Waals surface area contributed by atoms with Crippen LogP contribution in [0.5, 0.6) is 0 Å². The van der Waals surface area contributed by atoms with Crippen LogP contribution in [0.25, 0.3) is 0 Å². The molecule has 1 saturated heterocycles. The Kier molecular flexibility index (Phi) is 7.36. The Balaban J connectivity index is 1.81. The highest BCUT2D eigenvalue weighted by molar-refractivity contribution is 5.90. The first-order chi connectivity index (χ1) is 19.5. The molecule has 3 N–H and O–H groups in total. The number of carbonyl (C=O) groups excluding carboxylic acids is 4. The van der Waals surface area contributed by atoms with E-state index < -0.39 is 94.6 Å². The third-order valence-corrected chi connectivity index (χ3v) is 10.8. The molecule has 11 heteroatoms. The number of ether oxygens (including phenoxy) is 4. The lowest BCUT2D eigenvalue weighted by atomic mass is 9.42. The minimum absolute atomic E-state index is 0.00393. The second-order valence-corrected chi connectivity index (χ2v) is 13.3. The fourth-order valence-electron chi connectivity index (χ4n) is 8.58. The van der Waals surface area contributed by atoms with Crippen LogP contribution in [-0.2, 0) is 33.3 Å². The fraction of sp³-hybridized carbons (Fsp3) is 0.677. The first kappa shape index (κ1) is 30.6. The molecule has 3 saturated carbocycles. The molecule has 1 aromatic carbocycles. The lowest BCUT2D eigenvalue weighted by Gasteiger charge is -2.69. The average Bonchev–Trinajstić information content (AvgIpc) is 2.90. The quantitative estimate of drug-likeness (QED) is 0.345. The Morgan fingerprint density at radius 3 is 2.19 bits per heavy atom. The van der Waals surface area contributed by atoms with Crippen molar-refractivity contribution in [1.82, 2.24) is 0 Å². The minimum atomic E-state index is -2.11. The molecule has 42 heavy (non-hydrogen) atoms. The lowest BCUT2D eigenvalue weighted by Crippen LogP contribution is -2.83. The number of aliphatic hydroxyl groups is 3. The zero-order chi connectivity index (χ0) is 31.0. The van der Waals surface area contributed by atoms with Crippen molar-refractivity contribution in [1.29, 1.82) is 0 Å². The highest BCUT2D eigenvalue weighted by Crippen LogP contribution is 2.65. The molecule has 0 unspecified atom stereocenters. The van der Waals surface area contributed by atoms with Gasteiger partial charge in [0, 0.05) is 49.4 Å². The van der Waals surface area contributed by atoms with Crippen molar-refractivity contribution in [2.24, 2.45) is 28.6 Å². The predicted octanol–water partition coefficient (Wildman–Crippen LogP) is 1.59. The summed E-state index contributed by atoms with van der Waals surface area (Å²) in [6, 6.07) is 8.09. The molecule has 0 aromatic heterocycles. The number of rotatable bonds is 4. The Morgan fingerprint density at radius 2 is 1.64 bits per heavy atom. The number of aliphatic hydroxyl groups excluding tert-OH is 2. The number of benzene rings is 1. The number of hydrogen-bond acceptors (Lipinski definition) is 11. The molecule has 230 valence electrons. The van der Waals surface area contributed by atoms with Crippen molar-refractivity contribution in [2.45, 2.75) is 96.1 Å². The van der Waals surface area contributed by atoms with Crippen molar-refractivity contribution in [3.63, 3.8) is 0 Å². The van der Waals surface area contributed by atoms with Gasteiger partial charge >= 0.3 is 17.9 Å². The smallest absolute Gasteiger partial charge is 0.338 e. The third-order valence-electron chi connectivity index (χ3n) is 10.8. The molecule has 1 aromatic rings. The van der Waals surface area contributed by atoms with E-state index in [2.05, 4.69) is 0 Å². The van der Waals surface area contributed by atoms with Crippen LogP contribution in [0.4, 0.5) is 0 Å². The summed E-state index contributed by atoms with van der Waals surface area (Å²) in [4.78, 5) is 52.2. The number of ketones is 1. The molecule has 4 aliphatic rings. The first-order valence-electron chi connectivity index (χ1n) is 14.4. The summed E-state index contributed by atoms with van der Waals surface area (Å²) in [5.74, 6) is -5.57. The maximum atomic E-state index is 13.7. The van der Waals surface area contributed by atoms with Gasteiger partial charge < -0.3 is 34.3 Å². The second-order valence-electron chi connectivity index (χ2n) is 13.3. The summed E-state index contributed by atoms with van der Waals surface area (Å²) in [6.45, 7) is 8.79. The number of Topliss-reactive ketones (excluding diaryl/α,β-unsaturated/α-hetero) is 1. The van der Waals surface area contributed by atoms with Gasteiger partial charge in [0.15, 0.2) is 5.60 Å². The van der Waals surface area contributed by atoms with Crippen LogP contribution in [0.15, 0.2) is 30.3 Å². The van der Waals surface area contributed by atoms with E-state index in [9.17, 15) is 34.5 Å². The predicted molar refractivity (Wildman–Crippen MR) is 145 cm³/mol. The van der Waals surface area contributed by atoms with Crippen LogP contribution in [-0.4, -0.2) is 87.3 Å². The second kappa shape index (κ2) is 10.1. The fourth-order valence-corrected chi connectivity index (χ4v) is 8.58. The summed E-state index contributed by atoms with van der Waals surface area (Å²) in [5, 5.41) is 36.8. The van der Waals surface area contributed by atoms with E-state index in [1.165, 1.54) is 26.0 Å². The number of esters is 3. The molecular formula is C31H40O11. The standard InChI is InChI=1S/C31H40O11/c1-15-19(34)13-31(38)26(41-27(37)18-10-8-7-9-11-18)24-29(6,25(36)23(35)22(15)28(31,4)5)20(40-16(2)32)12-21-30(24,14-39-21)42-17(3)33/h7-11,15,20-26,35-36,38H,12-14H2,1-6H3/t15-,20+,21+,22-,23-,24+,25-,26-,29-,30+,31+/m1/s1. The molecule has 1 heterocycles. The minimum Gasteiger partial charge on any atom is -0.462 e. The van der Waals surface area contributed by atoms with Crippen LogP contribution < -0.4 is 0 Å². The average molecular weight is 589 g/mol. The third kappa shape index (κ3) is 4.15. The molecule has 0 amide bonds. The Morgan fingerprint density at radius 1 is 1.00 bits per heavy atom. The first-order valence-corrected chi connectivity index (χ1v) is 14.4. The molecule has 0 spiro atoms. The van der Waals surface area contributed by atoms with Crippen LogP contribution >= 0.6 is 0 Å². The van der Waals surface area contributed by atoms with Crippen molar-refractivity contribution < 1.29 is 53.4 Å². The van der Waals surface area contributed by atoms with E-state index in [1.807, 2.05) is 0 Å². The lowest BCUT2D eigenvalue weighted by molar-refractivity contribution is -0.374. The van der Waals surface area contributed by atoms with Crippen LogP contribution in [0.2, 0.25) is 0 Å². The van der Waals surface area contributed by atoms with Gasteiger partial charge in [-0.1, -0.05) is 45.9 Å². The van der Waals surface area contributed by atoms with Gasteiger partial charge in [0.25, 0.3) is 0 Å². The molecule has 1 aliphatic heterocycles. The summed E-state index contributed by atoms with van der Waals surface area (Å²) in [5.41, 5.74) is -6.44. The molecule has 3 aliphatic carbocycles. The molecule has 2 bridgehead atoms. The highest BCUT2D eigenvalue weighted by atomic mass is 16.6. The summed E-state index contributed by atoms with van der Waals surface area (Å²) < 4.78 is 23.8. The van der Waals surface area contributed by atoms with Gasteiger partial charge in [-0.3, -0.25) is 14.4 Å². The van der Waals surface area contributed by atoms with Crippen LogP contribution in [0.1, 0.15) is 64.7 Å². The Bertz CT molecular complexity index is 1280. The van der Waals surface area contributed by atoms with Gasteiger partial charge in [0.05, 0.1) is 30.3 Å². The summed E-state index contributed by atoms with van der Waals surface area (Å²) in [6.07, 6.45) is -7.20. The molecular weight excluding hydrogens is 548 g/mol. The molecule has 11 nitrogen and oxygen atoms in total. The van der Waals surface area contributed by atoms with Crippen molar-refractivity contribution in [3.8, 4) is 0 Å². The number of fused-ring (bicyclic) bond motifs is 5. The Labute approximate surface area is 244 Å².